The van der Waals surface area contributed by atoms with E-state index in [0.717, 1.165) is 15.6 Å². The number of carbonyl (C=O) groups excluding carboxylic acids is 1. The number of hydrogen-bond acceptors (Lipinski definition) is 5. The molecule has 0 aliphatic carbocycles. The second kappa shape index (κ2) is 9.65. The van der Waals surface area contributed by atoms with Gasteiger partial charge in [0.25, 0.3) is 0 Å². The van der Waals surface area contributed by atoms with Gasteiger partial charge in [0.05, 0.1) is 17.6 Å². The highest BCUT2D eigenvalue weighted by Crippen LogP contribution is 2.34. The number of halogens is 1. The van der Waals surface area contributed by atoms with E-state index in [1.54, 1.807) is 12.3 Å². The average molecular weight is 490 g/mol. The quantitative estimate of drug-likeness (QED) is 0.318. The predicted octanol–water partition coefficient (Wildman–Crippen LogP) is 6.37. The monoisotopic (exact) mass is 489 g/mol. The van der Waals surface area contributed by atoms with Crippen molar-refractivity contribution in [2.24, 2.45) is 0 Å². The van der Waals surface area contributed by atoms with Crippen LogP contribution in [0.2, 0.25) is 0 Å². The zero-order valence-corrected chi connectivity index (χ0v) is 18.6. The fraction of sp³-hybridized carbons (Fsp3) is 0.0417. The fourth-order valence-electron chi connectivity index (χ4n) is 2.99. The smallest absolute Gasteiger partial charge is 0.234 e. The van der Waals surface area contributed by atoms with Crippen LogP contribution in [0.4, 0.5) is 5.69 Å². The van der Waals surface area contributed by atoms with Crippen LogP contribution >= 0.6 is 27.7 Å². The van der Waals surface area contributed by atoms with Gasteiger partial charge in [-0.3, -0.25) is 4.79 Å². The molecule has 1 amide bonds. The highest BCUT2D eigenvalue weighted by molar-refractivity contribution is 9.10. The molecule has 0 unspecified atom stereocenters. The minimum atomic E-state index is -0.178. The molecule has 1 N–H and O–H groups in total. The summed E-state index contributed by atoms with van der Waals surface area (Å²) >= 11 is 4.60. The number of rotatable bonds is 6. The molecule has 0 spiro atoms. The molecule has 0 radical (unpaired) electrons. The van der Waals surface area contributed by atoms with E-state index in [-0.39, 0.29) is 11.7 Å². The van der Waals surface area contributed by atoms with Crippen LogP contribution in [0.3, 0.4) is 0 Å². The summed E-state index contributed by atoms with van der Waals surface area (Å²) in [7, 11) is 0. The third-order valence-electron chi connectivity index (χ3n) is 4.42. The van der Waals surface area contributed by atoms with E-state index in [2.05, 4.69) is 32.3 Å². The number of nitrogens with zero attached hydrogens (tertiary/aromatic N) is 2. The van der Waals surface area contributed by atoms with E-state index in [0.29, 0.717) is 27.7 Å². The Bertz CT molecular complexity index is 1230. The first-order valence-corrected chi connectivity index (χ1v) is 11.1. The summed E-state index contributed by atoms with van der Waals surface area (Å²) in [5.41, 5.74) is 3.40. The molecule has 4 rings (SSSR count). The molecule has 0 aliphatic heterocycles. The van der Waals surface area contributed by atoms with Crippen molar-refractivity contribution in [1.29, 1.82) is 5.26 Å². The van der Waals surface area contributed by atoms with E-state index in [4.69, 9.17) is 4.42 Å². The molecule has 0 bridgehead atoms. The number of furan rings is 1. The van der Waals surface area contributed by atoms with Crippen LogP contribution in [-0.4, -0.2) is 16.6 Å². The standard InChI is InChI=1S/C24H16BrN3O2S/c25-17-8-10-18(11-9-17)27-23(29)15-31-24-20(14-26)19(16-5-2-1-3-6-16)13-21(28-24)22-7-4-12-30-22/h1-13H,15H2,(H,27,29). The van der Waals surface area contributed by atoms with Gasteiger partial charge in [0.15, 0.2) is 5.76 Å². The lowest BCUT2D eigenvalue weighted by atomic mass is 10.0. The van der Waals surface area contributed by atoms with Crippen LogP contribution in [0.25, 0.3) is 22.6 Å². The number of nitriles is 1. The number of amides is 1. The van der Waals surface area contributed by atoms with Gasteiger partial charge in [0, 0.05) is 15.7 Å². The van der Waals surface area contributed by atoms with Crippen molar-refractivity contribution in [3.05, 3.63) is 89.1 Å². The van der Waals surface area contributed by atoms with Crippen LogP contribution < -0.4 is 5.32 Å². The number of benzene rings is 2. The van der Waals surface area contributed by atoms with E-state index >= 15 is 0 Å². The third kappa shape index (κ3) is 5.05. The summed E-state index contributed by atoms with van der Waals surface area (Å²) in [5.74, 6) is 0.540. The molecule has 0 saturated heterocycles. The van der Waals surface area contributed by atoms with Crippen LogP contribution in [0.15, 0.2) is 93.0 Å². The maximum Gasteiger partial charge on any atom is 0.234 e. The molecule has 152 valence electrons. The van der Waals surface area contributed by atoms with Crippen molar-refractivity contribution in [2.45, 2.75) is 5.03 Å². The second-order valence-electron chi connectivity index (χ2n) is 6.53. The first-order valence-electron chi connectivity index (χ1n) is 9.36. The van der Waals surface area contributed by atoms with E-state index < -0.39 is 0 Å². The number of nitrogens with one attached hydrogen (secondary N) is 1. The molecule has 2 heterocycles. The first kappa shape index (κ1) is 20.9. The molecular weight excluding hydrogens is 474 g/mol. The molecule has 5 nitrogen and oxygen atoms in total. The summed E-state index contributed by atoms with van der Waals surface area (Å²) in [6.45, 7) is 0. The zero-order chi connectivity index (χ0) is 21.6. The topological polar surface area (TPSA) is 78.9 Å². The third-order valence-corrected chi connectivity index (χ3v) is 5.93. The molecule has 2 aromatic heterocycles. The molecule has 0 saturated carbocycles. The summed E-state index contributed by atoms with van der Waals surface area (Å²) in [5, 5.41) is 13.2. The Kier molecular flexibility index (Phi) is 6.51. The predicted molar refractivity (Wildman–Crippen MR) is 126 cm³/mol. The number of anilines is 1. The lowest BCUT2D eigenvalue weighted by Crippen LogP contribution is -2.14. The molecular formula is C24H16BrN3O2S. The van der Waals surface area contributed by atoms with Gasteiger partial charge in [-0.15, -0.1) is 0 Å². The lowest BCUT2D eigenvalue weighted by Gasteiger charge is -2.11. The summed E-state index contributed by atoms with van der Waals surface area (Å²) in [4.78, 5) is 17.1. The van der Waals surface area contributed by atoms with Crippen LogP contribution in [0.5, 0.6) is 0 Å². The Hall–Kier alpha value is -3.34. The molecule has 4 aromatic rings. The van der Waals surface area contributed by atoms with Gasteiger partial charge in [0.2, 0.25) is 5.91 Å². The number of thioether (sulfide) groups is 1. The highest BCUT2D eigenvalue weighted by Gasteiger charge is 2.18. The van der Waals surface area contributed by atoms with Crippen molar-refractivity contribution >= 4 is 39.3 Å². The summed E-state index contributed by atoms with van der Waals surface area (Å²) < 4.78 is 6.45. The summed E-state index contributed by atoms with van der Waals surface area (Å²) in [6.07, 6.45) is 1.58. The van der Waals surface area contributed by atoms with E-state index in [1.807, 2.05) is 66.7 Å². The van der Waals surface area contributed by atoms with Gasteiger partial charge in [-0.1, -0.05) is 58.0 Å². The summed E-state index contributed by atoms with van der Waals surface area (Å²) in [6, 6.07) is 24.7. The fourth-order valence-corrected chi connectivity index (χ4v) is 4.06. The normalized spacial score (nSPS) is 10.5. The molecule has 2 aromatic carbocycles. The van der Waals surface area contributed by atoms with Crippen molar-refractivity contribution in [3.63, 3.8) is 0 Å². The van der Waals surface area contributed by atoms with Crippen LogP contribution in [-0.2, 0) is 4.79 Å². The SMILES string of the molecule is N#Cc1c(-c2ccccc2)cc(-c2ccco2)nc1SCC(=O)Nc1ccc(Br)cc1. The number of carbonyl (C=O) groups is 1. The Morgan fingerprint density at radius 1 is 1.10 bits per heavy atom. The molecule has 0 atom stereocenters. The highest BCUT2D eigenvalue weighted by atomic mass is 79.9. The Balaban J connectivity index is 1.64. The number of hydrogen-bond donors (Lipinski definition) is 1. The van der Waals surface area contributed by atoms with Crippen LogP contribution in [0.1, 0.15) is 5.56 Å². The first-order chi connectivity index (χ1) is 15.1. The van der Waals surface area contributed by atoms with E-state index in [9.17, 15) is 10.1 Å². The van der Waals surface area contributed by atoms with Gasteiger partial charge >= 0.3 is 0 Å². The molecule has 0 aliphatic rings. The maximum absolute atomic E-state index is 12.5. The molecule has 31 heavy (non-hydrogen) atoms. The minimum Gasteiger partial charge on any atom is -0.463 e. The van der Waals surface area contributed by atoms with Gasteiger partial charge < -0.3 is 9.73 Å². The largest absolute Gasteiger partial charge is 0.463 e. The van der Waals surface area contributed by atoms with Crippen molar-refractivity contribution in [3.8, 4) is 28.7 Å². The van der Waals surface area contributed by atoms with Crippen molar-refractivity contribution in [2.75, 3.05) is 11.1 Å². The number of pyridine rings is 1. The zero-order valence-electron chi connectivity index (χ0n) is 16.2. The van der Waals surface area contributed by atoms with Gasteiger partial charge in [-0.05, 0) is 48.0 Å². The minimum absolute atomic E-state index is 0.119. The average Bonchev–Trinajstić information content (AvgIpc) is 3.34. The van der Waals surface area contributed by atoms with Gasteiger partial charge in [-0.2, -0.15) is 5.26 Å². The van der Waals surface area contributed by atoms with E-state index in [1.165, 1.54) is 11.8 Å². The number of aromatic nitrogens is 1. The molecule has 0 fully saturated rings. The van der Waals surface area contributed by atoms with Crippen molar-refractivity contribution in [1.82, 2.24) is 4.98 Å². The Morgan fingerprint density at radius 2 is 1.87 bits per heavy atom. The molecule has 7 heteroatoms. The Morgan fingerprint density at radius 3 is 2.55 bits per heavy atom. The van der Waals surface area contributed by atoms with Crippen molar-refractivity contribution < 1.29 is 9.21 Å². The lowest BCUT2D eigenvalue weighted by molar-refractivity contribution is -0.113. The second-order valence-corrected chi connectivity index (χ2v) is 8.41. The maximum atomic E-state index is 12.5. The Labute approximate surface area is 192 Å². The van der Waals surface area contributed by atoms with Crippen LogP contribution in [0, 0.1) is 11.3 Å². The van der Waals surface area contributed by atoms with Gasteiger partial charge in [-0.25, -0.2) is 4.98 Å². The van der Waals surface area contributed by atoms with Gasteiger partial charge in [0.1, 0.15) is 16.8 Å².